The lowest BCUT2D eigenvalue weighted by Crippen LogP contribution is -2.70. The number of benzene rings is 1. The normalized spacial score (nSPS) is 39.1. The second kappa shape index (κ2) is 11.6. The minimum atomic E-state index is -2.35. The number of allylic oxidation sites excluding steroid dienone is 4. The minimum absolute atomic E-state index is 0.000595. The molecule has 4 aliphatic carbocycles. The molecule has 0 saturated heterocycles. The lowest BCUT2D eigenvalue weighted by molar-refractivity contribution is -0.228. The van der Waals surface area contributed by atoms with E-state index in [4.69, 9.17) is 4.74 Å². The zero-order valence-electron chi connectivity index (χ0n) is 25.4. The summed E-state index contributed by atoms with van der Waals surface area (Å²) in [6.45, 7) is 6.86. The summed E-state index contributed by atoms with van der Waals surface area (Å²) in [4.78, 5) is 52.6. The molecule has 0 bridgehead atoms. The second-order valence-corrected chi connectivity index (χ2v) is 14.3. The molecule has 238 valence electrons. The fourth-order valence-corrected chi connectivity index (χ4v) is 9.85. The van der Waals surface area contributed by atoms with Crippen molar-refractivity contribution < 1.29 is 42.2 Å². The van der Waals surface area contributed by atoms with E-state index in [1.54, 1.807) is 13.8 Å². The van der Waals surface area contributed by atoms with Gasteiger partial charge in [0.25, 0.3) is 0 Å². The molecule has 0 unspecified atom stereocenters. The minimum Gasteiger partial charge on any atom is -0.449 e. The van der Waals surface area contributed by atoms with Crippen molar-refractivity contribution >= 4 is 34.4 Å². The van der Waals surface area contributed by atoms with Crippen LogP contribution in [-0.2, 0) is 19.1 Å². The van der Waals surface area contributed by atoms with E-state index < -0.39 is 80.6 Å². The number of halogens is 3. The van der Waals surface area contributed by atoms with Gasteiger partial charge in [0.15, 0.2) is 22.8 Å². The number of fused-ring (bicyclic) bond motifs is 5. The molecule has 1 aromatic carbocycles. The zero-order valence-corrected chi connectivity index (χ0v) is 26.2. The third-order valence-corrected chi connectivity index (χ3v) is 12.0. The molecule has 6 nitrogen and oxygen atoms in total. The lowest BCUT2D eigenvalue weighted by atomic mass is 9.44. The topological polar surface area (TPSA) is 97.7 Å². The van der Waals surface area contributed by atoms with Crippen LogP contribution >= 0.6 is 11.8 Å². The molecule has 44 heavy (non-hydrogen) atoms. The summed E-state index contributed by atoms with van der Waals surface area (Å²) >= 11 is 0.685. The SMILES string of the molecule is CCCCC(=O)O[C@]1(C(=O)SCC(=O)c2ccc(F)cc2)[C@H](C)C[C@H]2[C@@H]3C[C@H](F)C4=CC(=O)C=C[C@]4(C)[C@@]3(F)[C@@H](O)C[C@@]21C. The van der Waals surface area contributed by atoms with Gasteiger partial charge in [0, 0.05) is 34.7 Å². The summed E-state index contributed by atoms with van der Waals surface area (Å²) < 4.78 is 53.1. The van der Waals surface area contributed by atoms with E-state index in [9.17, 15) is 28.7 Å². The Morgan fingerprint density at radius 3 is 2.45 bits per heavy atom. The van der Waals surface area contributed by atoms with Crippen molar-refractivity contribution in [2.45, 2.75) is 89.8 Å². The predicted octanol–water partition coefficient (Wildman–Crippen LogP) is 6.31. The van der Waals surface area contributed by atoms with Gasteiger partial charge >= 0.3 is 5.97 Å². The number of hydrogen-bond donors (Lipinski definition) is 1. The van der Waals surface area contributed by atoms with E-state index in [1.807, 2.05) is 6.92 Å². The van der Waals surface area contributed by atoms with Gasteiger partial charge in [-0.15, -0.1) is 0 Å². The highest BCUT2D eigenvalue weighted by Gasteiger charge is 2.78. The number of ketones is 2. The molecule has 4 aliphatic rings. The first-order valence-electron chi connectivity index (χ1n) is 15.3. The number of aliphatic hydroxyl groups is 1. The Morgan fingerprint density at radius 1 is 1.11 bits per heavy atom. The number of aliphatic hydroxyl groups excluding tert-OH is 1. The number of ether oxygens (including phenoxy) is 1. The number of rotatable bonds is 8. The maximum absolute atomic E-state index is 17.6. The molecule has 0 heterocycles. The summed E-state index contributed by atoms with van der Waals surface area (Å²) in [5.74, 6) is -4.63. The molecule has 0 aromatic heterocycles. The monoisotopic (exact) mass is 632 g/mol. The first-order chi connectivity index (χ1) is 20.7. The van der Waals surface area contributed by atoms with E-state index in [0.717, 1.165) is 18.2 Å². The van der Waals surface area contributed by atoms with Gasteiger partial charge in [0.2, 0.25) is 5.12 Å². The fourth-order valence-electron chi connectivity index (χ4n) is 8.73. The van der Waals surface area contributed by atoms with E-state index in [1.165, 1.54) is 31.2 Å². The number of carbonyl (C=O) groups is 4. The molecular weight excluding hydrogens is 593 g/mol. The predicted molar refractivity (Wildman–Crippen MR) is 160 cm³/mol. The molecule has 0 spiro atoms. The van der Waals surface area contributed by atoms with Crippen LogP contribution in [0.4, 0.5) is 13.2 Å². The standard InChI is InChI=1S/C34H39F3O6S/c1-5-6-7-29(41)43-34(30(42)44-18-27(39)20-8-10-21(35)11-9-20)19(2)14-23-24-16-26(36)25-15-22(38)12-13-31(25,3)33(24,37)28(40)17-32(23,34)4/h8-13,15,19,23-24,26,28,40H,5-7,14,16-18H2,1-4H3/t19-,23+,24+,26+,28+,31+,32+,33+,34+/m1/s1. The summed E-state index contributed by atoms with van der Waals surface area (Å²) in [5, 5.41) is 11.1. The smallest absolute Gasteiger partial charge is 0.306 e. The molecule has 9 atom stereocenters. The highest BCUT2D eigenvalue weighted by Crippen LogP contribution is 2.72. The number of alkyl halides is 2. The molecule has 5 rings (SSSR count). The van der Waals surface area contributed by atoms with E-state index in [0.29, 0.717) is 24.6 Å². The Hall–Kier alpha value is -2.72. The van der Waals surface area contributed by atoms with Crippen LogP contribution in [0.15, 0.2) is 48.1 Å². The van der Waals surface area contributed by atoms with Crippen molar-refractivity contribution in [3.8, 4) is 0 Å². The van der Waals surface area contributed by atoms with Gasteiger partial charge in [-0.1, -0.05) is 45.0 Å². The van der Waals surface area contributed by atoms with Gasteiger partial charge in [-0.05, 0) is 80.5 Å². The molecule has 10 heteroatoms. The van der Waals surface area contributed by atoms with Crippen LogP contribution in [0.1, 0.15) is 76.6 Å². The Kier molecular flexibility index (Phi) is 8.59. The summed E-state index contributed by atoms with van der Waals surface area (Å²) in [7, 11) is 0. The number of esters is 1. The van der Waals surface area contributed by atoms with Crippen molar-refractivity contribution in [1.82, 2.24) is 0 Å². The van der Waals surface area contributed by atoms with Gasteiger partial charge in [-0.2, -0.15) is 0 Å². The number of hydrogen-bond acceptors (Lipinski definition) is 7. The maximum atomic E-state index is 17.6. The summed E-state index contributed by atoms with van der Waals surface area (Å²) in [6.07, 6.45) is 1.32. The molecule has 1 aromatic rings. The average molecular weight is 633 g/mol. The maximum Gasteiger partial charge on any atom is 0.306 e. The van der Waals surface area contributed by atoms with Gasteiger partial charge in [0.05, 0.1) is 11.9 Å². The van der Waals surface area contributed by atoms with Crippen LogP contribution in [0.2, 0.25) is 0 Å². The van der Waals surface area contributed by atoms with Crippen LogP contribution in [-0.4, -0.2) is 57.1 Å². The first-order valence-corrected chi connectivity index (χ1v) is 16.3. The van der Waals surface area contributed by atoms with Crippen molar-refractivity contribution in [2.75, 3.05) is 5.75 Å². The van der Waals surface area contributed by atoms with Crippen molar-refractivity contribution in [2.24, 2.45) is 28.6 Å². The number of Topliss-reactive ketones (excluding diaryl/α,β-unsaturated/α-hetero) is 1. The number of thioether (sulfide) groups is 1. The van der Waals surface area contributed by atoms with Crippen molar-refractivity contribution in [1.29, 1.82) is 0 Å². The zero-order chi connectivity index (χ0) is 32.2. The molecular formula is C34H39F3O6S. The molecule has 0 amide bonds. The molecule has 1 N–H and O–H groups in total. The Bertz CT molecular complexity index is 1430. The Balaban J connectivity index is 1.54. The summed E-state index contributed by atoms with van der Waals surface area (Å²) in [6, 6.07) is 4.94. The van der Waals surface area contributed by atoms with Gasteiger partial charge in [0.1, 0.15) is 12.0 Å². The molecule has 0 aliphatic heterocycles. The number of unbranched alkanes of at least 4 members (excludes halogenated alkanes) is 1. The average Bonchev–Trinajstić information content (AvgIpc) is 3.19. The highest BCUT2D eigenvalue weighted by atomic mass is 32.2. The van der Waals surface area contributed by atoms with Crippen LogP contribution in [0.25, 0.3) is 0 Å². The van der Waals surface area contributed by atoms with Gasteiger partial charge in [-0.25, -0.2) is 13.2 Å². The Labute approximate surface area is 259 Å². The number of carbonyl (C=O) groups excluding carboxylic acids is 4. The first kappa shape index (κ1) is 32.7. The van der Waals surface area contributed by atoms with E-state index in [-0.39, 0.29) is 42.6 Å². The van der Waals surface area contributed by atoms with E-state index in [2.05, 4.69) is 0 Å². The van der Waals surface area contributed by atoms with Gasteiger partial charge < -0.3 is 9.84 Å². The second-order valence-electron chi connectivity index (χ2n) is 13.3. The van der Waals surface area contributed by atoms with Crippen LogP contribution in [0, 0.1) is 34.4 Å². The lowest BCUT2D eigenvalue weighted by Gasteiger charge is -2.63. The van der Waals surface area contributed by atoms with Crippen LogP contribution in [0.3, 0.4) is 0 Å². The summed E-state index contributed by atoms with van der Waals surface area (Å²) in [5.41, 5.74) is -6.83. The highest BCUT2D eigenvalue weighted by molar-refractivity contribution is 8.14. The van der Waals surface area contributed by atoms with Gasteiger partial charge in [-0.3, -0.25) is 19.2 Å². The van der Waals surface area contributed by atoms with E-state index >= 15 is 8.78 Å². The third kappa shape index (κ3) is 4.73. The third-order valence-electron chi connectivity index (χ3n) is 11.0. The van der Waals surface area contributed by atoms with Crippen molar-refractivity contribution in [3.63, 3.8) is 0 Å². The largest absolute Gasteiger partial charge is 0.449 e. The molecule has 0 radical (unpaired) electrons. The van der Waals surface area contributed by atoms with Crippen molar-refractivity contribution in [3.05, 3.63) is 59.4 Å². The van der Waals surface area contributed by atoms with Crippen LogP contribution < -0.4 is 0 Å². The molecule has 3 fully saturated rings. The Morgan fingerprint density at radius 2 is 1.80 bits per heavy atom. The fraction of sp³-hybridized carbons (Fsp3) is 0.588. The quantitative estimate of drug-likeness (QED) is 0.265. The molecule has 3 saturated carbocycles. The van der Waals surface area contributed by atoms with Crippen LogP contribution in [0.5, 0.6) is 0 Å².